The van der Waals surface area contributed by atoms with Crippen LogP contribution in [0.1, 0.15) is 44.5 Å². The van der Waals surface area contributed by atoms with Crippen LogP contribution in [-0.2, 0) is 35.7 Å². The monoisotopic (exact) mass is 682 g/mol. The third-order valence-corrected chi connectivity index (χ3v) is 9.01. The Morgan fingerprint density at radius 2 is 1.43 bits per heavy atom. The first-order chi connectivity index (χ1) is 24.9. The van der Waals surface area contributed by atoms with Crippen LogP contribution < -0.4 is 9.47 Å². The number of nitrogens with zero attached hydrogens (tertiary/aromatic N) is 4. The van der Waals surface area contributed by atoms with Gasteiger partial charge in [-0.2, -0.15) is 0 Å². The molecule has 1 saturated heterocycles. The van der Waals surface area contributed by atoms with E-state index in [-0.39, 0.29) is 5.91 Å². The molecule has 0 N–H and O–H groups in total. The zero-order chi connectivity index (χ0) is 35.4. The number of hydrogen-bond donors (Lipinski definition) is 0. The molecule has 3 aromatic carbocycles. The Hall–Kier alpha value is -5.31. The van der Waals surface area contributed by atoms with Gasteiger partial charge in [0.1, 0.15) is 18.1 Å². The summed E-state index contributed by atoms with van der Waals surface area (Å²) in [5.41, 5.74) is 8.97. The van der Waals surface area contributed by atoms with E-state index < -0.39 is 0 Å². The van der Waals surface area contributed by atoms with Crippen molar-refractivity contribution in [1.82, 2.24) is 19.8 Å². The van der Waals surface area contributed by atoms with Gasteiger partial charge in [-0.15, -0.1) is 0 Å². The Kier molecular flexibility index (Phi) is 12.2. The molecular weight excluding hydrogens is 636 g/mol. The fourth-order valence-corrected chi connectivity index (χ4v) is 6.04. The number of benzene rings is 3. The average molecular weight is 683 g/mol. The lowest BCUT2D eigenvalue weighted by molar-refractivity contribution is -0.127. The van der Waals surface area contributed by atoms with E-state index in [4.69, 9.17) is 14.2 Å². The zero-order valence-electron chi connectivity index (χ0n) is 29.8. The van der Waals surface area contributed by atoms with Gasteiger partial charge in [-0.1, -0.05) is 54.1 Å². The van der Waals surface area contributed by atoms with E-state index in [2.05, 4.69) is 70.3 Å². The summed E-state index contributed by atoms with van der Waals surface area (Å²) < 4.78 is 17.8. The summed E-state index contributed by atoms with van der Waals surface area (Å²) >= 11 is 0. The second-order valence-corrected chi connectivity index (χ2v) is 13.1. The van der Waals surface area contributed by atoms with Crippen molar-refractivity contribution in [2.45, 2.75) is 47.0 Å². The normalized spacial score (nSPS) is 13.4. The summed E-state index contributed by atoms with van der Waals surface area (Å²) in [6.07, 6.45) is 9.62. The van der Waals surface area contributed by atoms with E-state index in [1.165, 1.54) is 22.3 Å². The molecule has 3 heterocycles. The summed E-state index contributed by atoms with van der Waals surface area (Å²) in [7, 11) is 0. The first kappa shape index (κ1) is 35.5. The van der Waals surface area contributed by atoms with Crippen LogP contribution in [0, 0.1) is 20.8 Å². The Morgan fingerprint density at radius 1 is 0.765 bits per heavy atom. The molecule has 0 aliphatic carbocycles. The molecule has 6 rings (SSSR count). The molecule has 51 heavy (non-hydrogen) atoms. The lowest BCUT2D eigenvalue weighted by Gasteiger charge is -2.34. The Balaban J connectivity index is 0.918. The predicted octanol–water partition coefficient (Wildman–Crippen LogP) is 7.89. The number of carbonyl (C=O) groups excluding carboxylic acids is 1. The van der Waals surface area contributed by atoms with Crippen molar-refractivity contribution in [2.75, 3.05) is 32.8 Å². The van der Waals surface area contributed by atoms with Crippen molar-refractivity contribution < 1.29 is 19.0 Å². The fraction of sp³-hybridized carbons (Fsp3) is 0.279. The maximum atomic E-state index is 13.1. The zero-order valence-corrected chi connectivity index (χ0v) is 29.8. The van der Waals surface area contributed by atoms with Gasteiger partial charge in [-0.05, 0) is 103 Å². The Morgan fingerprint density at radius 3 is 2.12 bits per heavy atom. The van der Waals surface area contributed by atoms with Crippen molar-refractivity contribution >= 4 is 12.0 Å². The molecule has 0 saturated carbocycles. The van der Waals surface area contributed by atoms with Crippen molar-refractivity contribution in [3.05, 3.63) is 154 Å². The van der Waals surface area contributed by atoms with Gasteiger partial charge < -0.3 is 19.1 Å². The number of aromatic nitrogens is 2. The summed E-state index contributed by atoms with van der Waals surface area (Å²) in [6, 6.07) is 28.9. The summed E-state index contributed by atoms with van der Waals surface area (Å²) in [6.45, 7) is 11.9. The highest BCUT2D eigenvalue weighted by molar-refractivity contribution is 5.92. The van der Waals surface area contributed by atoms with E-state index in [0.29, 0.717) is 44.5 Å². The number of ether oxygens (including phenoxy) is 3. The largest absolute Gasteiger partial charge is 0.487 e. The molecule has 0 atom stereocenters. The van der Waals surface area contributed by atoms with Crippen LogP contribution in [0.25, 0.3) is 6.08 Å². The number of hydrogen-bond acceptors (Lipinski definition) is 7. The highest BCUT2D eigenvalue weighted by Gasteiger charge is 2.20. The van der Waals surface area contributed by atoms with E-state index in [1.54, 1.807) is 30.7 Å². The van der Waals surface area contributed by atoms with Crippen molar-refractivity contribution in [1.29, 1.82) is 0 Å². The molecule has 8 nitrogen and oxygen atoms in total. The fourth-order valence-electron chi connectivity index (χ4n) is 6.04. The molecule has 1 aliphatic rings. The van der Waals surface area contributed by atoms with Gasteiger partial charge in [0.2, 0.25) is 11.8 Å². The number of amides is 1. The molecule has 1 aliphatic heterocycles. The highest BCUT2D eigenvalue weighted by Crippen LogP contribution is 2.30. The van der Waals surface area contributed by atoms with E-state index in [0.717, 1.165) is 54.1 Å². The SMILES string of the molecule is Cc1ccc(COCCc2ccc(CN3CCN(C(=O)/C=C/c4cc(C)c(Oc5ccc(OCc6ccncc6)cn5)c(C)c4)CC3)cc2)cc1. The molecule has 2 aromatic heterocycles. The maximum Gasteiger partial charge on any atom is 0.246 e. The van der Waals surface area contributed by atoms with Gasteiger partial charge >= 0.3 is 0 Å². The van der Waals surface area contributed by atoms with Crippen LogP contribution in [0.5, 0.6) is 17.4 Å². The molecule has 1 amide bonds. The van der Waals surface area contributed by atoms with Gasteiger partial charge in [-0.25, -0.2) is 4.98 Å². The molecular formula is C43H46N4O4. The van der Waals surface area contributed by atoms with Gasteiger partial charge in [0, 0.05) is 57.3 Å². The van der Waals surface area contributed by atoms with Crippen LogP contribution in [0.4, 0.5) is 0 Å². The quantitative estimate of drug-likeness (QED) is 0.0871. The molecule has 8 heteroatoms. The van der Waals surface area contributed by atoms with Crippen LogP contribution in [0.15, 0.2) is 110 Å². The first-order valence-electron chi connectivity index (χ1n) is 17.6. The van der Waals surface area contributed by atoms with E-state index in [1.807, 2.05) is 55.2 Å². The predicted molar refractivity (Wildman–Crippen MR) is 201 cm³/mol. The van der Waals surface area contributed by atoms with Gasteiger partial charge in [-0.3, -0.25) is 14.7 Å². The number of piperazine rings is 1. The maximum absolute atomic E-state index is 13.1. The first-order valence-corrected chi connectivity index (χ1v) is 17.6. The van der Waals surface area contributed by atoms with Gasteiger partial charge in [0.05, 0.1) is 19.4 Å². The lowest BCUT2D eigenvalue weighted by Crippen LogP contribution is -2.47. The molecule has 262 valence electrons. The van der Waals surface area contributed by atoms with Gasteiger partial charge in [0.25, 0.3) is 0 Å². The standard InChI is InChI=1S/C43H46N4O4/c1-32-4-6-37(7-5-32)30-49-25-18-35-8-10-36(11-9-35)29-46-21-23-47(24-22-46)42(48)15-12-39-26-33(2)43(34(3)27-39)51-41-14-13-40(28-45-41)50-31-38-16-19-44-20-17-38/h4-17,19-20,26-28H,18,21-25,29-31H2,1-3H3/b15-12+. The average Bonchev–Trinajstić information content (AvgIpc) is 3.15. The number of carbonyl (C=O) groups is 1. The van der Waals surface area contributed by atoms with Crippen LogP contribution >= 0.6 is 0 Å². The number of rotatable bonds is 14. The number of pyridine rings is 2. The third-order valence-electron chi connectivity index (χ3n) is 9.01. The summed E-state index contributed by atoms with van der Waals surface area (Å²) in [4.78, 5) is 25.9. The van der Waals surface area contributed by atoms with Crippen LogP contribution in [-0.4, -0.2) is 58.5 Å². The lowest BCUT2D eigenvalue weighted by atomic mass is 10.1. The minimum Gasteiger partial charge on any atom is -0.487 e. The molecule has 5 aromatic rings. The van der Waals surface area contributed by atoms with E-state index >= 15 is 0 Å². The highest BCUT2D eigenvalue weighted by atomic mass is 16.5. The summed E-state index contributed by atoms with van der Waals surface area (Å²) in [5, 5.41) is 0. The topological polar surface area (TPSA) is 77.0 Å². The minimum absolute atomic E-state index is 0.0367. The van der Waals surface area contributed by atoms with E-state index in [9.17, 15) is 4.79 Å². The van der Waals surface area contributed by atoms with Crippen molar-refractivity contribution in [2.24, 2.45) is 0 Å². The molecule has 1 fully saturated rings. The molecule has 0 radical (unpaired) electrons. The molecule has 0 bridgehead atoms. The number of aryl methyl sites for hydroxylation is 3. The molecule has 0 unspecified atom stereocenters. The van der Waals surface area contributed by atoms with Crippen LogP contribution in [0.2, 0.25) is 0 Å². The van der Waals surface area contributed by atoms with Crippen molar-refractivity contribution in [3.8, 4) is 17.4 Å². The Bertz CT molecular complexity index is 1860. The second-order valence-electron chi connectivity index (χ2n) is 13.1. The second kappa shape index (κ2) is 17.6. The van der Waals surface area contributed by atoms with Gasteiger partial charge in [0.15, 0.2) is 0 Å². The summed E-state index contributed by atoms with van der Waals surface area (Å²) in [5.74, 6) is 1.94. The third kappa shape index (κ3) is 10.6. The minimum atomic E-state index is 0.0367. The molecule has 0 spiro atoms. The van der Waals surface area contributed by atoms with Crippen molar-refractivity contribution in [3.63, 3.8) is 0 Å². The smallest absolute Gasteiger partial charge is 0.246 e. The Labute approximate surface area is 301 Å². The van der Waals surface area contributed by atoms with Crippen LogP contribution in [0.3, 0.4) is 0 Å².